The third kappa shape index (κ3) is 4.49. The fourth-order valence-corrected chi connectivity index (χ4v) is 3.13. The molecule has 0 aliphatic heterocycles. The number of ether oxygens (including phenoxy) is 1. The Hall–Kier alpha value is -2.57. The van der Waals surface area contributed by atoms with Gasteiger partial charge in [0, 0.05) is 18.3 Å². The van der Waals surface area contributed by atoms with Crippen LogP contribution in [0.4, 0.5) is 10.5 Å². The van der Waals surface area contributed by atoms with Gasteiger partial charge in [0.2, 0.25) is 0 Å². The van der Waals surface area contributed by atoms with Gasteiger partial charge in [-0.1, -0.05) is 6.07 Å². The molecule has 2 N–H and O–H groups in total. The fraction of sp³-hybridized carbons (Fsp3) is 0.500. The molecule has 1 aliphatic carbocycles. The van der Waals surface area contributed by atoms with Gasteiger partial charge in [-0.25, -0.2) is 14.5 Å². The van der Waals surface area contributed by atoms with Crippen molar-refractivity contribution in [1.29, 1.82) is 0 Å². The minimum absolute atomic E-state index is 0.236. The van der Waals surface area contributed by atoms with E-state index in [1.165, 1.54) is 19.2 Å². The summed E-state index contributed by atoms with van der Waals surface area (Å²) in [6, 6.07) is 7.00. The van der Waals surface area contributed by atoms with Crippen LogP contribution in [-0.2, 0) is 6.54 Å². The smallest absolute Gasteiger partial charge is 0.319 e. The molecule has 7 heteroatoms. The number of carbonyl (C=O) groups is 1. The number of amides is 2. The van der Waals surface area contributed by atoms with Crippen LogP contribution in [0.5, 0.6) is 5.75 Å². The molecule has 134 valence electrons. The topological polar surface area (TPSA) is 81.1 Å². The number of aryl methyl sites for hydroxylation is 1. The summed E-state index contributed by atoms with van der Waals surface area (Å²) in [5, 5.41) is 9.86. The molecule has 1 saturated carbocycles. The zero-order chi connectivity index (χ0) is 17.6. The number of hydrogen-bond donors (Lipinski definition) is 2. The summed E-state index contributed by atoms with van der Waals surface area (Å²) >= 11 is 0. The van der Waals surface area contributed by atoms with Gasteiger partial charge in [0.1, 0.15) is 17.9 Å². The van der Waals surface area contributed by atoms with E-state index in [1.54, 1.807) is 4.68 Å². The highest BCUT2D eigenvalue weighted by Gasteiger charge is 2.17. The number of carbonyl (C=O) groups excluding carboxylic acids is 1. The molecule has 25 heavy (non-hydrogen) atoms. The van der Waals surface area contributed by atoms with Crippen LogP contribution in [0.25, 0.3) is 0 Å². The molecular formula is C18H25N5O2. The van der Waals surface area contributed by atoms with Gasteiger partial charge in [-0.15, -0.1) is 0 Å². The van der Waals surface area contributed by atoms with E-state index in [9.17, 15) is 4.79 Å². The number of hydrogen-bond acceptors (Lipinski definition) is 4. The highest BCUT2D eigenvalue weighted by atomic mass is 16.5. The Balaban J connectivity index is 1.57. The number of aromatic nitrogens is 3. The molecule has 0 unspecified atom stereocenters. The van der Waals surface area contributed by atoms with E-state index >= 15 is 0 Å². The number of nitrogens with one attached hydrogen (secondary N) is 2. The second kappa shape index (κ2) is 8.00. The maximum Gasteiger partial charge on any atom is 0.319 e. The van der Waals surface area contributed by atoms with Crippen LogP contribution in [-0.4, -0.2) is 26.9 Å². The number of rotatable bonds is 6. The molecule has 2 amide bonds. The Morgan fingerprint density at radius 1 is 1.40 bits per heavy atom. The molecule has 1 aromatic carbocycles. The number of nitrogens with zero attached hydrogens (tertiary/aromatic N) is 3. The summed E-state index contributed by atoms with van der Waals surface area (Å²) in [5.74, 6) is 1.53. The molecule has 2 aromatic rings. The second-order valence-electron chi connectivity index (χ2n) is 6.31. The Kier molecular flexibility index (Phi) is 5.53. The van der Waals surface area contributed by atoms with Gasteiger partial charge in [-0.2, -0.15) is 5.10 Å². The van der Waals surface area contributed by atoms with Crippen molar-refractivity contribution in [3.63, 3.8) is 0 Å². The van der Waals surface area contributed by atoms with Gasteiger partial charge in [-0.3, -0.25) is 0 Å². The first kappa shape index (κ1) is 17.3. The Morgan fingerprint density at radius 2 is 2.20 bits per heavy atom. The average molecular weight is 343 g/mol. The molecule has 0 spiro atoms. The van der Waals surface area contributed by atoms with Gasteiger partial charge in [0.05, 0.1) is 12.1 Å². The molecule has 1 aliphatic rings. The van der Waals surface area contributed by atoms with Crippen molar-refractivity contribution in [2.24, 2.45) is 0 Å². The van der Waals surface area contributed by atoms with Crippen LogP contribution in [0.2, 0.25) is 0 Å². The fourth-order valence-electron chi connectivity index (χ4n) is 3.13. The maximum absolute atomic E-state index is 12.3. The minimum Gasteiger partial charge on any atom is -0.490 e. The van der Waals surface area contributed by atoms with Gasteiger partial charge in [0.15, 0.2) is 0 Å². The molecule has 1 aromatic heterocycles. The molecule has 0 bridgehead atoms. The third-order valence-electron chi connectivity index (χ3n) is 4.38. The predicted octanol–water partition coefficient (Wildman–Crippen LogP) is 3.50. The van der Waals surface area contributed by atoms with E-state index < -0.39 is 0 Å². The molecule has 0 radical (unpaired) electrons. The first-order valence-corrected chi connectivity index (χ1v) is 8.87. The van der Waals surface area contributed by atoms with Crippen molar-refractivity contribution < 1.29 is 9.53 Å². The monoisotopic (exact) mass is 343 g/mol. The first-order valence-electron chi connectivity index (χ1n) is 8.87. The van der Waals surface area contributed by atoms with Crippen LogP contribution >= 0.6 is 0 Å². The Bertz CT molecular complexity index is 709. The van der Waals surface area contributed by atoms with Gasteiger partial charge >= 0.3 is 6.03 Å². The van der Waals surface area contributed by atoms with E-state index in [0.29, 0.717) is 18.3 Å². The Morgan fingerprint density at radius 3 is 2.96 bits per heavy atom. The zero-order valence-corrected chi connectivity index (χ0v) is 14.7. The molecule has 1 atom stereocenters. The quantitative estimate of drug-likeness (QED) is 0.841. The highest BCUT2D eigenvalue weighted by molar-refractivity contribution is 5.89. The number of benzene rings is 1. The zero-order valence-electron chi connectivity index (χ0n) is 14.7. The highest BCUT2D eigenvalue weighted by Crippen LogP contribution is 2.25. The van der Waals surface area contributed by atoms with Crippen molar-refractivity contribution in [3.05, 3.63) is 36.4 Å². The second-order valence-corrected chi connectivity index (χ2v) is 6.31. The van der Waals surface area contributed by atoms with Crippen molar-refractivity contribution in [3.8, 4) is 5.75 Å². The van der Waals surface area contributed by atoms with Crippen LogP contribution in [0.3, 0.4) is 0 Å². The summed E-state index contributed by atoms with van der Waals surface area (Å²) in [7, 11) is 0. The summed E-state index contributed by atoms with van der Waals surface area (Å²) in [5.41, 5.74) is 0.706. The summed E-state index contributed by atoms with van der Waals surface area (Å²) in [6.07, 6.45) is 6.46. The van der Waals surface area contributed by atoms with Crippen LogP contribution in [0.1, 0.15) is 51.4 Å². The first-order chi connectivity index (χ1) is 12.2. The minimum atomic E-state index is -0.281. The van der Waals surface area contributed by atoms with E-state index in [2.05, 4.69) is 20.7 Å². The lowest BCUT2D eigenvalue weighted by Crippen LogP contribution is -2.32. The van der Waals surface area contributed by atoms with Gasteiger partial charge < -0.3 is 15.4 Å². The number of urea groups is 1. The third-order valence-corrected chi connectivity index (χ3v) is 4.38. The van der Waals surface area contributed by atoms with Crippen molar-refractivity contribution in [2.45, 2.75) is 58.2 Å². The van der Waals surface area contributed by atoms with E-state index in [0.717, 1.165) is 24.4 Å². The van der Waals surface area contributed by atoms with Crippen molar-refractivity contribution >= 4 is 11.7 Å². The normalized spacial score (nSPS) is 15.8. The SMILES string of the molecule is CCn1ncnc1[C@H](C)NC(=O)Nc1cccc(OC2CCCC2)c1. The predicted molar refractivity (Wildman–Crippen MR) is 95.6 cm³/mol. The largest absolute Gasteiger partial charge is 0.490 e. The van der Waals surface area contributed by atoms with Crippen LogP contribution in [0.15, 0.2) is 30.6 Å². The molecular weight excluding hydrogens is 318 g/mol. The molecule has 1 fully saturated rings. The molecule has 0 saturated heterocycles. The van der Waals surface area contributed by atoms with Crippen LogP contribution in [0, 0.1) is 0 Å². The summed E-state index contributed by atoms with van der Waals surface area (Å²) in [6.45, 7) is 4.58. The summed E-state index contributed by atoms with van der Waals surface area (Å²) < 4.78 is 7.74. The average Bonchev–Trinajstić information content (AvgIpc) is 3.26. The van der Waals surface area contributed by atoms with E-state index in [1.807, 2.05) is 38.1 Å². The standard InChI is InChI=1S/C18H25N5O2/c1-3-23-17(19-12-20-23)13(2)21-18(24)22-14-7-6-10-16(11-14)25-15-8-4-5-9-15/h6-7,10-13,15H,3-5,8-9H2,1-2H3,(H2,21,22,24)/t13-/m0/s1. The lowest BCUT2D eigenvalue weighted by Gasteiger charge is -2.16. The van der Waals surface area contributed by atoms with Crippen LogP contribution < -0.4 is 15.4 Å². The van der Waals surface area contributed by atoms with E-state index in [4.69, 9.17) is 4.74 Å². The molecule has 7 nitrogen and oxygen atoms in total. The molecule has 1 heterocycles. The number of anilines is 1. The lowest BCUT2D eigenvalue weighted by atomic mass is 10.2. The van der Waals surface area contributed by atoms with Crippen molar-refractivity contribution in [2.75, 3.05) is 5.32 Å². The van der Waals surface area contributed by atoms with E-state index in [-0.39, 0.29) is 12.1 Å². The lowest BCUT2D eigenvalue weighted by molar-refractivity contribution is 0.210. The summed E-state index contributed by atoms with van der Waals surface area (Å²) in [4.78, 5) is 16.5. The van der Waals surface area contributed by atoms with Gasteiger partial charge in [-0.05, 0) is 51.7 Å². The maximum atomic E-state index is 12.3. The van der Waals surface area contributed by atoms with Gasteiger partial charge in [0.25, 0.3) is 0 Å². The Labute approximate surface area is 147 Å². The van der Waals surface area contributed by atoms with Crippen molar-refractivity contribution in [1.82, 2.24) is 20.1 Å². The molecule has 3 rings (SSSR count).